The van der Waals surface area contributed by atoms with Crippen molar-refractivity contribution >= 4 is 140 Å². The molecule has 4 aliphatic heterocycles. The zero-order valence-electron chi connectivity index (χ0n) is 63.0. The van der Waals surface area contributed by atoms with Crippen LogP contribution in [0.15, 0.2) is 194 Å². The highest BCUT2D eigenvalue weighted by Crippen LogP contribution is 2.51. The Hall–Kier alpha value is -8.32. The van der Waals surface area contributed by atoms with Crippen LogP contribution in [0.4, 0.5) is 0 Å². The summed E-state index contributed by atoms with van der Waals surface area (Å²) < 4.78 is 24.8. The molecule has 4 saturated carbocycles. The maximum atomic E-state index is 13.3. The predicted octanol–water partition coefficient (Wildman–Crippen LogP) is 17.2. The van der Waals surface area contributed by atoms with Crippen molar-refractivity contribution in [3.63, 3.8) is 0 Å². The van der Waals surface area contributed by atoms with E-state index in [1.807, 2.05) is 141 Å². The van der Waals surface area contributed by atoms with Crippen molar-refractivity contribution in [3.8, 4) is 0 Å². The lowest BCUT2D eigenvalue weighted by Crippen LogP contribution is -2.52. The van der Waals surface area contributed by atoms with E-state index in [1.165, 1.54) is 0 Å². The van der Waals surface area contributed by atoms with Gasteiger partial charge in [-0.3, -0.25) is 38.4 Å². The predicted molar refractivity (Wildman–Crippen MR) is 446 cm³/mol. The number of hydrogen-bond acceptors (Lipinski definition) is 12. The summed E-state index contributed by atoms with van der Waals surface area (Å²) in [5.74, 6) is -1.17. The van der Waals surface area contributed by atoms with E-state index in [9.17, 15) is 38.4 Å². The Morgan fingerprint density at radius 3 is 0.603 bits per heavy atom. The van der Waals surface area contributed by atoms with Crippen LogP contribution in [0, 0.1) is 23.7 Å². The highest BCUT2D eigenvalue weighted by molar-refractivity contribution is 6.32. The smallest absolute Gasteiger partial charge is 0.252 e. The normalized spacial score (nSPS) is 24.6. The van der Waals surface area contributed by atoms with Gasteiger partial charge < -0.3 is 61.5 Å². The van der Waals surface area contributed by atoms with Gasteiger partial charge in [0.15, 0.2) is 0 Å². The molecular weight excluding hydrogens is 1640 g/mol. The summed E-state index contributed by atoms with van der Waals surface area (Å²) in [5.41, 5.74) is 28.6. The van der Waals surface area contributed by atoms with Crippen LogP contribution < -0.4 is 22.9 Å². The van der Waals surface area contributed by atoms with Crippen LogP contribution in [-0.2, 0) is 57.3 Å². The van der Waals surface area contributed by atoms with Crippen molar-refractivity contribution in [2.75, 3.05) is 26.2 Å². The molecule has 0 spiro atoms. The molecule has 0 bridgehead atoms. The van der Waals surface area contributed by atoms with Crippen molar-refractivity contribution in [2.45, 2.75) is 150 Å². The van der Waals surface area contributed by atoms with Gasteiger partial charge >= 0.3 is 0 Å². The van der Waals surface area contributed by atoms with Crippen LogP contribution >= 0.6 is 92.8 Å². The fourth-order valence-electron chi connectivity index (χ4n) is 15.4. The number of rotatable bonds is 24. The molecule has 28 heteroatoms. The lowest BCUT2D eigenvalue weighted by atomic mass is 9.91. The summed E-state index contributed by atoms with van der Waals surface area (Å²) in [4.78, 5) is 107. The van der Waals surface area contributed by atoms with Crippen LogP contribution in [0.3, 0.4) is 0 Å². The number of nitrogens with zero attached hydrogens (tertiary/aromatic N) is 4. The van der Waals surface area contributed by atoms with Crippen molar-refractivity contribution < 1.29 is 57.3 Å². The summed E-state index contributed by atoms with van der Waals surface area (Å²) in [6, 6.07) is 58.0. The third-order valence-corrected chi connectivity index (χ3v) is 23.6. The molecule has 20 nitrogen and oxygen atoms in total. The highest BCUT2D eigenvalue weighted by atomic mass is 35.5. The zero-order valence-corrected chi connectivity index (χ0v) is 69.1. The third-order valence-electron chi connectivity index (χ3n) is 21.7. The number of carbonyl (C=O) groups is 8. The van der Waals surface area contributed by atoms with Crippen molar-refractivity contribution in [1.29, 1.82) is 0 Å². The van der Waals surface area contributed by atoms with Crippen LogP contribution in [0.5, 0.6) is 0 Å². The van der Waals surface area contributed by atoms with E-state index in [1.54, 1.807) is 72.8 Å². The maximum Gasteiger partial charge on any atom is 0.252 e. The van der Waals surface area contributed by atoms with Gasteiger partial charge in [-0.05, 0) is 217 Å². The van der Waals surface area contributed by atoms with E-state index < -0.39 is 72.5 Å². The first-order valence-corrected chi connectivity index (χ1v) is 41.7. The SMILES string of the molecule is NC(=O)C[C@@H]1O[C@@H](c2cccc(Cl)c2)[C@H](c2ccc(Cl)cc2)N(CC2CC2)C1=O.NC(=O)C[C@@H]1O[C@H](c2cccc(Cl)c2)[C@@H](c2ccc(Cl)cc2)N(CC2CC2)C1=O.NC(=O)C[C@H]1O[C@@H](c2cccc(Cl)c2)[C@H](c2ccc(Cl)cc2)N(CC2CC2)C1=O.NC(=O)C[C@H]1O[C@H](c2cccc(Cl)c2)[C@@H](c2ccc(Cl)cc2)N(CC2CC2)C1=O. The Morgan fingerprint density at radius 2 is 0.448 bits per heavy atom. The van der Waals surface area contributed by atoms with Gasteiger partial charge in [-0.1, -0.05) is 190 Å². The summed E-state index contributed by atoms with van der Waals surface area (Å²) in [6.07, 6.45) is 2.67. The molecule has 8 aromatic carbocycles. The number of amides is 8. The number of primary amides is 4. The van der Waals surface area contributed by atoms with E-state index in [-0.39, 0.29) is 73.5 Å². The second kappa shape index (κ2) is 38.6. The Morgan fingerprint density at radius 1 is 0.267 bits per heavy atom. The zero-order chi connectivity index (χ0) is 82.2. The minimum atomic E-state index is -0.904. The van der Waals surface area contributed by atoms with E-state index in [0.717, 1.165) is 95.9 Å². The van der Waals surface area contributed by atoms with Crippen molar-refractivity contribution in [1.82, 2.24) is 19.6 Å². The molecule has 4 heterocycles. The molecule has 16 rings (SSSR count). The van der Waals surface area contributed by atoms with E-state index in [0.29, 0.717) is 90.0 Å². The fourth-order valence-corrected chi connectivity index (χ4v) is 16.7. The molecule has 8 amide bonds. The third kappa shape index (κ3) is 22.3. The quantitative estimate of drug-likeness (QED) is 0.0439. The van der Waals surface area contributed by atoms with Crippen LogP contribution in [-0.4, -0.2) is 117 Å². The van der Waals surface area contributed by atoms with Crippen LogP contribution in [0.2, 0.25) is 40.2 Å². The summed E-state index contributed by atoms with van der Waals surface area (Å²) in [5, 5.41) is 4.81. The maximum absolute atomic E-state index is 13.3. The average molecular weight is 1730 g/mol. The van der Waals surface area contributed by atoms with E-state index in [2.05, 4.69) is 0 Å². The number of nitrogens with two attached hydrogens (primary N) is 4. The van der Waals surface area contributed by atoms with Gasteiger partial charge in [0.25, 0.3) is 23.6 Å². The van der Waals surface area contributed by atoms with E-state index in [4.69, 9.17) is 135 Å². The largest absolute Gasteiger partial charge is 0.370 e. The molecule has 0 aromatic heterocycles. The molecule has 0 radical (unpaired) electrons. The van der Waals surface area contributed by atoms with E-state index >= 15 is 0 Å². The minimum absolute atomic E-state index is 0.148. The van der Waals surface area contributed by atoms with Crippen LogP contribution in [0.25, 0.3) is 0 Å². The molecule has 4 saturated heterocycles. The van der Waals surface area contributed by atoms with Crippen molar-refractivity contribution in [3.05, 3.63) is 279 Å². The number of carbonyl (C=O) groups excluding carboxylic acids is 8. The summed E-state index contributed by atoms with van der Waals surface area (Å²) in [7, 11) is 0. The molecule has 608 valence electrons. The first-order chi connectivity index (χ1) is 55.7. The summed E-state index contributed by atoms with van der Waals surface area (Å²) >= 11 is 49.3. The molecule has 8 aliphatic rings. The average Bonchev–Trinajstić information content (AvgIpc) is 1.78. The molecule has 8 N–H and O–H groups in total. The molecule has 4 aliphatic carbocycles. The molecule has 0 unspecified atom stereocenters. The number of ether oxygens (including phenoxy) is 4. The van der Waals surface area contributed by atoms with Gasteiger partial charge in [-0.15, -0.1) is 0 Å². The van der Waals surface area contributed by atoms with Gasteiger partial charge in [0.1, 0.15) is 48.8 Å². The molecule has 116 heavy (non-hydrogen) atoms. The first kappa shape index (κ1) is 85.6. The first-order valence-electron chi connectivity index (χ1n) is 38.7. The van der Waals surface area contributed by atoms with Crippen LogP contribution in [0.1, 0.15) is 170 Å². The molecule has 8 fully saturated rings. The van der Waals surface area contributed by atoms with Gasteiger partial charge in [-0.2, -0.15) is 0 Å². The monoisotopic (exact) mass is 1730 g/mol. The van der Waals surface area contributed by atoms with Crippen molar-refractivity contribution in [2.24, 2.45) is 46.6 Å². The topological polar surface area (TPSA) is 291 Å². The lowest BCUT2D eigenvalue weighted by Gasteiger charge is -2.45. The Labute approximate surface area is 713 Å². The lowest BCUT2D eigenvalue weighted by molar-refractivity contribution is -0.176. The van der Waals surface area contributed by atoms with Gasteiger partial charge in [0, 0.05) is 66.4 Å². The van der Waals surface area contributed by atoms with Gasteiger partial charge in [0.05, 0.1) is 49.9 Å². The Kier molecular flexibility index (Phi) is 28.5. The number of halogens is 8. The second-order valence-electron chi connectivity index (χ2n) is 30.8. The molecule has 12 atom stereocenters. The fraction of sp³-hybridized carbons (Fsp3) is 0.364. The van der Waals surface area contributed by atoms with Gasteiger partial charge in [0.2, 0.25) is 23.6 Å². The number of morpholine rings is 4. The van der Waals surface area contributed by atoms with Gasteiger partial charge in [-0.25, -0.2) is 0 Å². The number of hydrogen-bond donors (Lipinski definition) is 4. The number of benzene rings is 8. The standard InChI is InChI=1S/4C22H22Cl2N2O3/c4*23-16-8-6-14(7-9-16)20-21(15-2-1-3-17(24)10-15)29-18(11-19(25)27)22(28)26(20)12-13-4-5-13/h4*1-3,6-10,13,18,20-21H,4-5,11-12H2,(H2,25,27)/t2*18-,20+,21+;2*18-,20-,21-/m1010/s1. The Bertz CT molecular complexity index is 4260. The summed E-state index contributed by atoms with van der Waals surface area (Å²) in [6.45, 7) is 2.51. The molecule has 8 aromatic rings. The highest BCUT2D eigenvalue weighted by Gasteiger charge is 2.51. The minimum Gasteiger partial charge on any atom is -0.370 e. The molecular formula is C88H88Cl8N8O12. The Balaban J connectivity index is 0.000000135. The second-order valence-corrected chi connectivity index (χ2v) is 34.3.